The van der Waals surface area contributed by atoms with E-state index in [1.807, 2.05) is 6.07 Å². The molecular formula is C14H16N2O. The first-order valence-corrected chi connectivity index (χ1v) is 6.42. The first-order valence-electron chi connectivity index (χ1n) is 6.42. The van der Waals surface area contributed by atoms with Gasteiger partial charge in [0, 0.05) is 35.7 Å². The third-order valence-corrected chi connectivity index (χ3v) is 4.17. The topological polar surface area (TPSA) is 37.2 Å². The summed E-state index contributed by atoms with van der Waals surface area (Å²) >= 11 is 0. The molecule has 0 radical (unpaired) electrons. The van der Waals surface area contributed by atoms with Crippen LogP contribution in [0.4, 0.5) is 0 Å². The second-order valence-corrected chi connectivity index (χ2v) is 5.12. The van der Waals surface area contributed by atoms with Gasteiger partial charge in [-0.05, 0) is 43.0 Å². The van der Waals surface area contributed by atoms with Gasteiger partial charge in [-0.2, -0.15) is 0 Å². The Kier molecular flexibility index (Phi) is 1.83. The maximum Gasteiger partial charge on any atom is 0.116 e. The van der Waals surface area contributed by atoms with E-state index in [-0.39, 0.29) is 0 Å². The summed E-state index contributed by atoms with van der Waals surface area (Å²) in [6.45, 7) is 2.11. The van der Waals surface area contributed by atoms with E-state index in [0.717, 1.165) is 19.5 Å². The number of rotatable bonds is 0. The monoisotopic (exact) mass is 228 g/mol. The molecule has 0 saturated carbocycles. The molecule has 1 aromatic heterocycles. The summed E-state index contributed by atoms with van der Waals surface area (Å²) in [4.78, 5) is 0. The van der Waals surface area contributed by atoms with Gasteiger partial charge in [0.2, 0.25) is 0 Å². The third-order valence-electron chi connectivity index (χ3n) is 4.17. The number of hydrogen-bond acceptors (Lipinski definition) is 2. The first-order chi connectivity index (χ1) is 8.34. The average Bonchev–Trinajstić information content (AvgIpc) is 2.67. The van der Waals surface area contributed by atoms with Crippen molar-refractivity contribution in [3.63, 3.8) is 0 Å². The van der Waals surface area contributed by atoms with Crippen molar-refractivity contribution in [2.24, 2.45) is 0 Å². The molecule has 0 spiro atoms. The van der Waals surface area contributed by atoms with Crippen molar-refractivity contribution in [3.05, 3.63) is 29.5 Å². The van der Waals surface area contributed by atoms with Crippen LogP contribution in [-0.2, 0) is 13.0 Å². The van der Waals surface area contributed by atoms with Crippen molar-refractivity contribution in [1.29, 1.82) is 0 Å². The van der Waals surface area contributed by atoms with Crippen LogP contribution >= 0.6 is 0 Å². The molecule has 4 rings (SSSR count). The zero-order chi connectivity index (χ0) is 11.4. The summed E-state index contributed by atoms with van der Waals surface area (Å²) < 4.78 is 2.45. The second kappa shape index (κ2) is 3.26. The lowest BCUT2D eigenvalue weighted by molar-refractivity contribution is 0.384. The first kappa shape index (κ1) is 9.54. The van der Waals surface area contributed by atoms with Crippen LogP contribution in [0.25, 0.3) is 10.9 Å². The molecule has 0 unspecified atom stereocenters. The summed E-state index contributed by atoms with van der Waals surface area (Å²) in [7, 11) is 0. The molecule has 0 saturated heterocycles. The van der Waals surface area contributed by atoms with E-state index in [1.165, 1.54) is 35.0 Å². The predicted molar refractivity (Wildman–Crippen MR) is 67.3 cm³/mol. The predicted octanol–water partition coefficient (Wildman–Crippen LogP) is 2.33. The lowest BCUT2D eigenvalue weighted by Gasteiger charge is -2.31. The highest BCUT2D eigenvalue weighted by Gasteiger charge is 2.29. The molecule has 17 heavy (non-hydrogen) atoms. The van der Waals surface area contributed by atoms with Crippen molar-refractivity contribution in [1.82, 2.24) is 9.88 Å². The number of phenols is 1. The van der Waals surface area contributed by atoms with Crippen LogP contribution in [0.15, 0.2) is 18.2 Å². The quantitative estimate of drug-likeness (QED) is 0.726. The van der Waals surface area contributed by atoms with Crippen LogP contribution in [0.3, 0.4) is 0 Å². The SMILES string of the molecule is Oc1ccc2c(c1)c1c3n2CCN[C@H]3CCC1. The Morgan fingerprint density at radius 2 is 2.29 bits per heavy atom. The summed E-state index contributed by atoms with van der Waals surface area (Å²) in [5, 5.41) is 14.5. The van der Waals surface area contributed by atoms with E-state index in [0.29, 0.717) is 11.8 Å². The van der Waals surface area contributed by atoms with Crippen molar-refractivity contribution >= 4 is 10.9 Å². The number of phenolic OH excluding ortho intramolecular Hbond substituents is 1. The molecule has 2 aliphatic rings. The number of aromatic hydroxyl groups is 1. The molecule has 2 aromatic rings. The Morgan fingerprint density at radius 1 is 1.35 bits per heavy atom. The van der Waals surface area contributed by atoms with E-state index in [9.17, 15) is 5.11 Å². The second-order valence-electron chi connectivity index (χ2n) is 5.12. The van der Waals surface area contributed by atoms with Gasteiger partial charge in [-0.1, -0.05) is 0 Å². The standard InChI is InChI=1S/C14H16N2O/c17-9-4-5-13-11(8-9)10-2-1-3-12-14(10)16(13)7-6-15-12/h4-5,8,12,15,17H,1-3,6-7H2/t12-/m0/s1. The van der Waals surface area contributed by atoms with Crippen LogP contribution in [0, 0.1) is 0 Å². The Balaban J connectivity index is 2.11. The third kappa shape index (κ3) is 1.20. The van der Waals surface area contributed by atoms with E-state index in [2.05, 4.69) is 16.0 Å². The highest BCUT2D eigenvalue weighted by Crippen LogP contribution is 2.39. The smallest absolute Gasteiger partial charge is 0.116 e. The molecule has 2 heterocycles. The van der Waals surface area contributed by atoms with E-state index >= 15 is 0 Å². The van der Waals surface area contributed by atoms with Gasteiger partial charge in [0.15, 0.2) is 0 Å². The number of nitrogens with zero attached hydrogens (tertiary/aromatic N) is 1. The highest BCUT2D eigenvalue weighted by molar-refractivity contribution is 5.87. The van der Waals surface area contributed by atoms with Gasteiger partial charge in [-0.25, -0.2) is 0 Å². The molecule has 0 bridgehead atoms. The summed E-state index contributed by atoms with van der Waals surface area (Å²) in [5.41, 5.74) is 4.23. The minimum absolute atomic E-state index is 0.381. The molecule has 0 amide bonds. The van der Waals surface area contributed by atoms with Crippen molar-refractivity contribution < 1.29 is 5.11 Å². The minimum Gasteiger partial charge on any atom is -0.508 e. The van der Waals surface area contributed by atoms with E-state index in [1.54, 1.807) is 6.07 Å². The number of nitrogens with one attached hydrogen (secondary N) is 1. The van der Waals surface area contributed by atoms with Gasteiger partial charge in [-0.15, -0.1) is 0 Å². The lowest BCUT2D eigenvalue weighted by atomic mass is 9.91. The largest absolute Gasteiger partial charge is 0.508 e. The number of aromatic nitrogens is 1. The van der Waals surface area contributed by atoms with Gasteiger partial charge >= 0.3 is 0 Å². The maximum atomic E-state index is 9.67. The van der Waals surface area contributed by atoms with Gasteiger partial charge in [0.1, 0.15) is 5.75 Å². The van der Waals surface area contributed by atoms with Crippen LogP contribution < -0.4 is 5.32 Å². The molecule has 2 N–H and O–H groups in total. The Bertz CT molecular complexity index is 598. The van der Waals surface area contributed by atoms with Crippen LogP contribution in [-0.4, -0.2) is 16.2 Å². The zero-order valence-corrected chi connectivity index (χ0v) is 9.74. The lowest BCUT2D eigenvalue weighted by Crippen LogP contribution is -2.35. The molecule has 1 aliphatic carbocycles. The zero-order valence-electron chi connectivity index (χ0n) is 9.74. The number of hydrogen-bond donors (Lipinski definition) is 2. The molecular weight excluding hydrogens is 212 g/mol. The van der Waals surface area contributed by atoms with Gasteiger partial charge in [0.05, 0.1) is 0 Å². The highest BCUT2D eigenvalue weighted by atomic mass is 16.3. The number of aryl methyl sites for hydroxylation is 1. The molecule has 1 aliphatic heterocycles. The number of benzene rings is 1. The molecule has 3 nitrogen and oxygen atoms in total. The minimum atomic E-state index is 0.381. The Morgan fingerprint density at radius 3 is 3.24 bits per heavy atom. The van der Waals surface area contributed by atoms with Gasteiger partial charge in [-0.3, -0.25) is 0 Å². The Hall–Kier alpha value is -1.48. The van der Waals surface area contributed by atoms with Gasteiger partial charge < -0.3 is 15.0 Å². The number of fused-ring (bicyclic) bond motifs is 3. The van der Waals surface area contributed by atoms with E-state index in [4.69, 9.17) is 0 Å². The normalized spacial score (nSPS) is 22.7. The van der Waals surface area contributed by atoms with Crippen molar-refractivity contribution in [3.8, 4) is 5.75 Å². The van der Waals surface area contributed by atoms with Crippen LogP contribution in [0.5, 0.6) is 5.75 Å². The molecule has 3 heteroatoms. The van der Waals surface area contributed by atoms with Crippen LogP contribution in [0.2, 0.25) is 0 Å². The summed E-state index contributed by atoms with van der Waals surface area (Å²) in [5.74, 6) is 0.381. The van der Waals surface area contributed by atoms with Crippen molar-refractivity contribution in [2.75, 3.05) is 6.54 Å². The Labute approximate surface area is 100 Å². The molecule has 0 fully saturated rings. The molecule has 1 aromatic carbocycles. The average molecular weight is 228 g/mol. The van der Waals surface area contributed by atoms with Crippen LogP contribution in [0.1, 0.15) is 30.1 Å². The fraction of sp³-hybridized carbons (Fsp3) is 0.429. The fourth-order valence-electron chi connectivity index (χ4n) is 3.50. The van der Waals surface area contributed by atoms with Crippen molar-refractivity contribution in [2.45, 2.75) is 31.8 Å². The summed E-state index contributed by atoms with van der Waals surface area (Å²) in [6.07, 6.45) is 3.65. The molecule has 1 atom stereocenters. The summed E-state index contributed by atoms with van der Waals surface area (Å²) in [6, 6.07) is 6.32. The van der Waals surface area contributed by atoms with E-state index < -0.39 is 0 Å². The molecule has 88 valence electrons. The fourth-order valence-corrected chi connectivity index (χ4v) is 3.50. The maximum absolute atomic E-state index is 9.67. The van der Waals surface area contributed by atoms with Gasteiger partial charge in [0.25, 0.3) is 0 Å².